The fraction of sp³-hybridized carbons (Fsp3) is 0.583. The summed E-state index contributed by atoms with van der Waals surface area (Å²) < 4.78 is 32.5. The standard InChI is InChI=1S/C24H34N4O4S/c1-18-24(19(2)32-26-18)33(30,31)28-14-8-20(9-15-28)16-23(29)25-22-10-12-27(13-11-22)17-21-6-4-3-5-7-21/h3-7,20,22H,8-17H2,1-2H3,(H,25,29). The van der Waals surface area contributed by atoms with Crippen LogP contribution in [0.4, 0.5) is 0 Å². The van der Waals surface area contributed by atoms with Gasteiger partial charge in [-0.3, -0.25) is 9.69 Å². The highest BCUT2D eigenvalue weighted by atomic mass is 32.2. The van der Waals surface area contributed by atoms with Gasteiger partial charge < -0.3 is 9.84 Å². The van der Waals surface area contributed by atoms with Crippen LogP contribution in [-0.2, 0) is 21.4 Å². The summed E-state index contributed by atoms with van der Waals surface area (Å²) in [6, 6.07) is 10.7. The predicted octanol–water partition coefficient (Wildman–Crippen LogP) is 2.86. The Morgan fingerprint density at radius 3 is 2.33 bits per heavy atom. The van der Waals surface area contributed by atoms with E-state index >= 15 is 0 Å². The number of aromatic nitrogens is 1. The molecule has 1 aromatic heterocycles. The summed E-state index contributed by atoms with van der Waals surface area (Å²) in [5.41, 5.74) is 1.71. The van der Waals surface area contributed by atoms with E-state index in [-0.39, 0.29) is 22.8 Å². The Morgan fingerprint density at radius 2 is 1.73 bits per heavy atom. The molecular formula is C24H34N4O4S. The lowest BCUT2D eigenvalue weighted by Gasteiger charge is -2.33. The van der Waals surface area contributed by atoms with Crippen molar-refractivity contribution in [3.8, 4) is 0 Å². The highest BCUT2D eigenvalue weighted by molar-refractivity contribution is 7.89. The van der Waals surface area contributed by atoms with Gasteiger partial charge >= 0.3 is 0 Å². The van der Waals surface area contributed by atoms with Crippen LogP contribution < -0.4 is 5.32 Å². The topological polar surface area (TPSA) is 95.8 Å². The van der Waals surface area contributed by atoms with Gasteiger partial charge in [0.2, 0.25) is 15.9 Å². The maximum Gasteiger partial charge on any atom is 0.248 e. The summed E-state index contributed by atoms with van der Waals surface area (Å²) >= 11 is 0. The number of likely N-dealkylation sites (tertiary alicyclic amines) is 1. The van der Waals surface area contributed by atoms with Crippen molar-refractivity contribution in [2.45, 2.75) is 63.4 Å². The molecule has 33 heavy (non-hydrogen) atoms. The second kappa shape index (κ2) is 10.4. The average molecular weight is 475 g/mol. The van der Waals surface area contributed by atoms with Crippen LogP contribution in [0.1, 0.15) is 49.1 Å². The summed E-state index contributed by atoms with van der Waals surface area (Å²) in [6.45, 7) is 7.03. The lowest BCUT2D eigenvalue weighted by molar-refractivity contribution is -0.123. The highest BCUT2D eigenvalue weighted by Gasteiger charge is 2.34. The lowest BCUT2D eigenvalue weighted by atomic mass is 9.94. The molecule has 2 aliphatic heterocycles. The molecule has 4 rings (SSSR count). The SMILES string of the molecule is Cc1noc(C)c1S(=O)(=O)N1CCC(CC(=O)NC2CCN(Cc3ccccc3)CC2)CC1. The molecule has 0 atom stereocenters. The Balaban J connectivity index is 1.19. The maximum absolute atomic E-state index is 13.0. The summed E-state index contributed by atoms with van der Waals surface area (Å²) in [7, 11) is -3.61. The lowest BCUT2D eigenvalue weighted by Crippen LogP contribution is -2.45. The number of nitrogens with one attached hydrogen (secondary N) is 1. The summed E-state index contributed by atoms with van der Waals surface area (Å²) in [6.07, 6.45) is 3.76. The molecule has 1 amide bonds. The minimum atomic E-state index is -3.61. The third-order valence-corrected chi connectivity index (χ3v) is 8.96. The van der Waals surface area contributed by atoms with Crippen molar-refractivity contribution in [1.82, 2.24) is 19.7 Å². The average Bonchev–Trinajstić information content (AvgIpc) is 3.15. The molecule has 2 aliphatic rings. The summed E-state index contributed by atoms with van der Waals surface area (Å²) in [5.74, 6) is 0.617. The number of hydrogen-bond acceptors (Lipinski definition) is 6. The van der Waals surface area contributed by atoms with Gasteiger partial charge in [0.1, 0.15) is 10.6 Å². The molecule has 2 fully saturated rings. The normalized spacial score (nSPS) is 19.6. The fourth-order valence-electron chi connectivity index (χ4n) is 4.95. The van der Waals surface area contributed by atoms with Crippen LogP contribution in [-0.4, -0.2) is 60.9 Å². The number of rotatable bonds is 7. The third kappa shape index (κ3) is 5.83. The van der Waals surface area contributed by atoms with Crippen LogP contribution in [0, 0.1) is 19.8 Å². The van der Waals surface area contributed by atoms with Crippen molar-refractivity contribution in [2.24, 2.45) is 5.92 Å². The number of sulfonamides is 1. The predicted molar refractivity (Wildman–Crippen MR) is 125 cm³/mol. The first-order valence-electron chi connectivity index (χ1n) is 11.8. The van der Waals surface area contributed by atoms with E-state index in [0.29, 0.717) is 43.8 Å². The van der Waals surface area contributed by atoms with E-state index in [0.717, 1.165) is 32.5 Å². The van der Waals surface area contributed by atoms with Crippen LogP contribution in [0.25, 0.3) is 0 Å². The Hall–Kier alpha value is -2.23. The van der Waals surface area contributed by atoms with E-state index in [4.69, 9.17) is 4.52 Å². The van der Waals surface area contributed by atoms with E-state index in [1.54, 1.807) is 13.8 Å². The van der Waals surface area contributed by atoms with Gasteiger partial charge in [-0.1, -0.05) is 35.5 Å². The van der Waals surface area contributed by atoms with Crippen LogP contribution in [0.3, 0.4) is 0 Å². The van der Waals surface area contributed by atoms with Gasteiger partial charge in [-0.15, -0.1) is 0 Å². The van der Waals surface area contributed by atoms with Crippen LogP contribution >= 0.6 is 0 Å². The molecule has 180 valence electrons. The van der Waals surface area contributed by atoms with Gasteiger partial charge in [0, 0.05) is 45.2 Å². The number of aryl methyl sites for hydroxylation is 2. The fourth-order valence-corrected chi connectivity index (χ4v) is 6.71. The third-order valence-electron chi connectivity index (χ3n) is 6.82. The first-order chi connectivity index (χ1) is 15.8. The zero-order valence-electron chi connectivity index (χ0n) is 19.5. The molecule has 0 aliphatic carbocycles. The zero-order chi connectivity index (χ0) is 23.4. The molecule has 0 radical (unpaired) electrons. The molecule has 3 heterocycles. The largest absolute Gasteiger partial charge is 0.360 e. The van der Waals surface area contributed by atoms with Gasteiger partial charge in [-0.2, -0.15) is 4.31 Å². The Bertz CT molecular complexity index is 1020. The van der Waals surface area contributed by atoms with E-state index in [2.05, 4.69) is 39.6 Å². The smallest absolute Gasteiger partial charge is 0.248 e. The van der Waals surface area contributed by atoms with Gasteiger partial charge in [0.15, 0.2) is 5.76 Å². The maximum atomic E-state index is 13.0. The molecule has 0 unspecified atom stereocenters. The van der Waals surface area contributed by atoms with Gasteiger partial charge in [0.05, 0.1) is 0 Å². The van der Waals surface area contributed by atoms with Crippen molar-refractivity contribution in [1.29, 1.82) is 0 Å². The number of carbonyl (C=O) groups is 1. The molecular weight excluding hydrogens is 440 g/mol. The van der Waals surface area contributed by atoms with E-state index in [1.165, 1.54) is 9.87 Å². The Labute approximate surface area is 196 Å². The monoisotopic (exact) mass is 474 g/mol. The Morgan fingerprint density at radius 1 is 1.06 bits per heavy atom. The van der Waals surface area contributed by atoms with Gasteiger partial charge in [-0.25, -0.2) is 8.42 Å². The second-order valence-electron chi connectivity index (χ2n) is 9.31. The molecule has 1 N–H and O–H groups in total. The van der Waals surface area contributed by atoms with Gasteiger partial charge in [-0.05, 0) is 51.0 Å². The number of piperidine rings is 2. The molecule has 0 saturated carbocycles. The van der Waals surface area contributed by atoms with Crippen molar-refractivity contribution in [3.05, 3.63) is 47.3 Å². The number of hydrogen-bond donors (Lipinski definition) is 1. The number of nitrogens with zero attached hydrogens (tertiary/aromatic N) is 3. The summed E-state index contributed by atoms with van der Waals surface area (Å²) in [4.78, 5) is 15.2. The van der Waals surface area contributed by atoms with Crippen LogP contribution in [0.2, 0.25) is 0 Å². The molecule has 0 bridgehead atoms. The van der Waals surface area contributed by atoms with Crippen molar-refractivity contribution < 1.29 is 17.7 Å². The second-order valence-corrected chi connectivity index (χ2v) is 11.2. The number of benzene rings is 1. The minimum absolute atomic E-state index is 0.0866. The molecule has 2 aromatic rings. The van der Waals surface area contributed by atoms with Crippen LogP contribution in [0.5, 0.6) is 0 Å². The summed E-state index contributed by atoms with van der Waals surface area (Å²) in [5, 5.41) is 6.99. The minimum Gasteiger partial charge on any atom is -0.360 e. The van der Waals surface area contributed by atoms with Crippen LogP contribution in [0.15, 0.2) is 39.8 Å². The zero-order valence-corrected chi connectivity index (χ0v) is 20.3. The molecule has 2 saturated heterocycles. The molecule has 9 heteroatoms. The van der Waals surface area contributed by atoms with E-state index < -0.39 is 10.0 Å². The van der Waals surface area contributed by atoms with Crippen molar-refractivity contribution in [3.63, 3.8) is 0 Å². The Kier molecular flexibility index (Phi) is 7.51. The van der Waals surface area contributed by atoms with E-state index in [9.17, 15) is 13.2 Å². The first kappa shape index (κ1) is 23.9. The first-order valence-corrected chi connectivity index (χ1v) is 13.3. The molecule has 0 spiro atoms. The molecule has 1 aromatic carbocycles. The van der Waals surface area contributed by atoms with Crippen molar-refractivity contribution in [2.75, 3.05) is 26.2 Å². The molecule has 8 nitrogen and oxygen atoms in total. The number of amides is 1. The quantitative estimate of drug-likeness (QED) is 0.663. The van der Waals surface area contributed by atoms with Crippen molar-refractivity contribution >= 4 is 15.9 Å². The van der Waals surface area contributed by atoms with E-state index in [1.807, 2.05) is 6.07 Å². The highest BCUT2D eigenvalue weighted by Crippen LogP contribution is 2.28. The number of carbonyl (C=O) groups excluding carboxylic acids is 1. The van der Waals surface area contributed by atoms with Gasteiger partial charge in [0.25, 0.3) is 0 Å².